The molecule has 0 spiro atoms. The zero-order valence-corrected chi connectivity index (χ0v) is 17.6. The topological polar surface area (TPSA) is 94.9 Å². The number of aliphatic carboxylic acids is 1. The highest BCUT2D eigenvalue weighted by Gasteiger charge is 2.52. The van der Waals surface area contributed by atoms with Crippen LogP contribution in [-0.4, -0.2) is 57.9 Å². The molecule has 1 aromatic rings. The Kier molecular flexibility index (Phi) is 6.34. The molecule has 1 fully saturated rings. The number of hydrogen-bond acceptors (Lipinski definition) is 5. The predicted molar refractivity (Wildman–Crippen MR) is 114 cm³/mol. The normalized spacial score (nSPS) is 20.8. The summed E-state index contributed by atoms with van der Waals surface area (Å²) in [6, 6.07) is 3.37. The number of nitrogens with one attached hydrogen (secondary N) is 1. The van der Waals surface area contributed by atoms with Crippen LogP contribution in [0.4, 0.5) is 4.39 Å². The van der Waals surface area contributed by atoms with Crippen LogP contribution in [0, 0.1) is 0 Å². The van der Waals surface area contributed by atoms with E-state index in [1.54, 1.807) is 18.3 Å². The second-order valence-corrected chi connectivity index (χ2v) is 8.74. The molecule has 7 nitrogen and oxygen atoms in total. The minimum Gasteiger partial charge on any atom is -0.481 e. The summed E-state index contributed by atoms with van der Waals surface area (Å²) in [5.74, 6) is -0.927. The molecule has 0 aliphatic carbocycles. The third-order valence-electron chi connectivity index (χ3n) is 6.47. The lowest BCUT2D eigenvalue weighted by Crippen LogP contribution is -2.63. The molecule has 31 heavy (non-hydrogen) atoms. The summed E-state index contributed by atoms with van der Waals surface area (Å²) in [6.07, 6.45) is 8.86. The van der Waals surface area contributed by atoms with Crippen LogP contribution in [0.3, 0.4) is 0 Å². The molecule has 4 heterocycles. The number of carboxylic acid groups (broad SMARTS) is 1. The first-order chi connectivity index (χ1) is 14.9. The lowest BCUT2D eigenvalue weighted by Gasteiger charge is -2.48. The van der Waals surface area contributed by atoms with Gasteiger partial charge in [0.1, 0.15) is 5.82 Å². The zero-order chi connectivity index (χ0) is 21.8. The summed E-state index contributed by atoms with van der Waals surface area (Å²) in [6.45, 7) is 0.829. The molecule has 3 aliphatic heterocycles. The van der Waals surface area contributed by atoms with Crippen molar-refractivity contribution in [2.24, 2.45) is 4.99 Å². The average molecular weight is 429 g/mol. The first-order valence-corrected chi connectivity index (χ1v) is 11.1. The van der Waals surface area contributed by atoms with E-state index in [1.165, 1.54) is 16.7 Å². The number of aromatic nitrogens is 1. The number of aliphatic imine (C=N–C) groups is 1. The van der Waals surface area contributed by atoms with E-state index in [1.807, 2.05) is 0 Å². The van der Waals surface area contributed by atoms with E-state index in [0.717, 1.165) is 50.2 Å². The minimum absolute atomic E-state index is 0.0697. The maximum Gasteiger partial charge on any atom is 0.304 e. The molecule has 0 aromatic carbocycles. The van der Waals surface area contributed by atoms with Crippen LogP contribution in [0.1, 0.15) is 62.8 Å². The first kappa shape index (κ1) is 21.5. The molecule has 8 heteroatoms. The molecule has 4 rings (SSSR count). The Labute approximate surface area is 181 Å². The van der Waals surface area contributed by atoms with Crippen molar-refractivity contribution in [1.29, 1.82) is 0 Å². The van der Waals surface area contributed by atoms with Gasteiger partial charge in [-0.2, -0.15) is 0 Å². The van der Waals surface area contributed by atoms with Crippen LogP contribution in [0.5, 0.6) is 0 Å². The van der Waals surface area contributed by atoms with Gasteiger partial charge in [0.25, 0.3) is 0 Å². The van der Waals surface area contributed by atoms with Gasteiger partial charge in [-0.3, -0.25) is 14.6 Å². The summed E-state index contributed by atoms with van der Waals surface area (Å²) in [5, 5.41) is 12.6. The van der Waals surface area contributed by atoms with Gasteiger partial charge in [0.05, 0.1) is 19.5 Å². The van der Waals surface area contributed by atoms with Crippen LogP contribution in [0.15, 0.2) is 40.9 Å². The summed E-state index contributed by atoms with van der Waals surface area (Å²) >= 11 is 0. The van der Waals surface area contributed by atoms with E-state index in [4.69, 9.17) is 4.99 Å². The van der Waals surface area contributed by atoms with Crippen LogP contribution in [0.2, 0.25) is 0 Å². The zero-order valence-electron chi connectivity index (χ0n) is 17.6. The molecular formula is C23H29FN4O3. The van der Waals surface area contributed by atoms with Gasteiger partial charge < -0.3 is 15.3 Å². The van der Waals surface area contributed by atoms with Gasteiger partial charge in [0.15, 0.2) is 5.67 Å². The molecule has 0 saturated carbocycles. The molecular weight excluding hydrogens is 399 g/mol. The second-order valence-electron chi connectivity index (χ2n) is 8.74. The fourth-order valence-electron chi connectivity index (χ4n) is 4.75. The number of carbonyl (C=O) groups is 2. The highest BCUT2D eigenvalue weighted by molar-refractivity contribution is 5.87. The van der Waals surface area contributed by atoms with E-state index < -0.39 is 17.6 Å². The molecule has 0 radical (unpaired) electrons. The number of carboxylic acids is 1. The Bertz CT molecular complexity index is 893. The largest absolute Gasteiger partial charge is 0.481 e. The van der Waals surface area contributed by atoms with Crippen molar-refractivity contribution in [3.63, 3.8) is 0 Å². The van der Waals surface area contributed by atoms with Crippen molar-refractivity contribution in [3.8, 4) is 0 Å². The monoisotopic (exact) mass is 428 g/mol. The van der Waals surface area contributed by atoms with Crippen LogP contribution in [-0.2, 0) is 9.59 Å². The number of nitrogens with zero attached hydrogens (tertiary/aromatic N) is 3. The highest BCUT2D eigenvalue weighted by Crippen LogP contribution is 2.41. The quantitative estimate of drug-likeness (QED) is 0.663. The van der Waals surface area contributed by atoms with E-state index >= 15 is 4.39 Å². The van der Waals surface area contributed by atoms with E-state index in [9.17, 15) is 14.7 Å². The van der Waals surface area contributed by atoms with E-state index in [0.29, 0.717) is 18.4 Å². The molecule has 1 amide bonds. The number of amides is 1. The Morgan fingerprint density at radius 2 is 2.13 bits per heavy atom. The van der Waals surface area contributed by atoms with Gasteiger partial charge in [-0.25, -0.2) is 9.38 Å². The number of allylic oxidation sites excluding steroid dienone is 1. The van der Waals surface area contributed by atoms with Gasteiger partial charge in [-0.15, -0.1) is 0 Å². The van der Waals surface area contributed by atoms with Crippen LogP contribution in [0.25, 0.3) is 0 Å². The molecule has 1 atom stereocenters. The lowest BCUT2D eigenvalue weighted by molar-refractivity contribution is -0.150. The maximum absolute atomic E-state index is 15.5. The summed E-state index contributed by atoms with van der Waals surface area (Å²) in [5.41, 5.74) is 1.36. The van der Waals surface area contributed by atoms with Gasteiger partial charge in [0, 0.05) is 37.0 Å². The number of hydrogen-bond donors (Lipinski definition) is 2. The Balaban J connectivity index is 1.28. The highest BCUT2D eigenvalue weighted by atomic mass is 19.1. The number of pyridine rings is 1. The minimum atomic E-state index is -1.74. The Hall–Kier alpha value is -2.77. The average Bonchev–Trinajstić information content (AvgIpc) is 2.75. The number of rotatable bonds is 8. The van der Waals surface area contributed by atoms with E-state index in [-0.39, 0.29) is 25.4 Å². The SMILES string of the molecule is O=C(O)CC(c1cccnc1)C1(F)CN(C(=O)CCCC2=NC3=C(CCCN3)CC2)C1. The molecule has 3 aliphatic rings. The molecule has 1 saturated heterocycles. The van der Waals surface area contributed by atoms with Crippen molar-refractivity contribution >= 4 is 17.6 Å². The van der Waals surface area contributed by atoms with Crippen molar-refractivity contribution in [3.05, 3.63) is 41.5 Å². The first-order valence-electron chi connectivity index (χ1n) is 11.1. The third-order valence-corrected chi connectivity index (χ3v) is 6.47. The maximum atomic E-state index is 15.5. The summed E-state index contributed by atoms with van der Waals surface area (Å²) in [7, 11) is 0. The lowest BCUT2D eigenvalue weighted by atomic mass is 9.76. The van der Waals surface area contributed by atoms with Crippen molar-refractivity contribution < 1.29 is 19.1 Å². The van der Waals surface area contributed by atoms with Gasteiger partial charge in [-0.05, 0) is 55.7 Å². The van der Waals surface area contributed by atoms with Crippen LogP contribution < -0.4 is 5.32 Å². The predicted octanol–water partition coefficient (Wildman–Crippen LogP) is 3.19. The van der Waals surface area contributed by atoms with E-state index in [2.05, 4.69) is 10.3 Å². The van der Waals surface area contributed by atoms with Gasteiger partial charge in [0.2, 0.25) is 5.91 Å². The summed E-state index contributed by atoms with van der Waals surface area (Å²) < 4.78 is 15.5. The fraction of sp³-hybridized carbons (Fsp3) is 0.565. The fourth-order valence-corrected chi connectivity index (χ4v) is 4.75. The van der Waals surface area contributed by atoms with Gasteiger partial charge in [-0.1, -0.05) is 6.07 Å². The van der Waals surface area contributed by atoms with Crippen molar-refractivity contribution in [2.75, 3.05) is 19.6 Å². The molecule has 0 bridgehead atoms. The Morgan fingerprint density at radius 1 is 1.29 bits per heavy atom. The third kappa shape index (κ3) is 4.94. The number of alkyl halides is 1. The summed E-state index contributed by atoms with van der Waals surface area (Å²) in [4.78, 5) is 34.0. The smallest absolute Gasteiger partial charge is 0.304 e. The molecule has 1 aromatic heterocycles. The molecule has 1 unspecified atom stereocenters. The van der Waals surface area contributed by atoms with Gasteiger partial charge >= 0.3 is 5.97 Å². The Morgan fingerprint density at radius 3 is 2.87 bits per heavy atom. The van der Waals surface area contributed by atoms with Crippen molar-refractivity contribution in [1.82, 2.24) is 15.2 Å². The number of halogens is 1. The molecule has 2 N–H and O–H groups in total. The van der Waals surface area contributed by atoms with Crippen molar-refractivity contribution in [2.45, 2.75) is 63.0 Å². The number of carbonyl (C=O) groups excluding carboxylic acids is 1. The molecule has 166 valence electrons. The van der Waals surface area contributed by atoms with Crippen LogP contribution >= 0.6 is 0 Å². The number of likely N-dealkylation sites (tertiary alicyclic amines) is 1. The second kappa shape index (κ2) is 9.16. The standard InChI is InChI=1S/C23H29FN4O3/c24-23(19(12-21(30)31)17-5-2-10-25-13-17)14-28(15-23)20(29)7-1-6-18-9-8-16-4-3-11-26-22(16)27-18/h2,5,10,13,19,26H,1,3-4,6-9,11-12,14-15H2,(H,30,31).